The van der Waals surface area contributed by atoms with Gasteiger partial charge in [-0.15, -0.1) is 0 Å². The number of imidazole rings is 1. The molecule has 0 atom stereocenters. The molecule has 13 heteroatoms. The highest BCUT2D eigenvalue weighted by Gasteiger charge is 2.22. The maximum Gasteiger partial charge on any atom is 0.417 e. The van der Waals surface area contributed by atoms with Crippen LogP contribution in [0.25, 0.3) is 11.2 Å². The van der Waals surface area contributed by atoms with Crippen molar-refractivity contribution in [3.63, 3.8) is 0 Å². The van der Waals surface area contributed by atoms with Crippen LogP contribution in [0, 0.1) is 11.6 Å². The average molecular weight is 446 g/mol. The summed E-state index contributed by atoms with van der Waals surface area (Å²) in [7, 11) is -4.19. The first-order valence-electron chi connectivity index (χ1n) is 8.52. The van der Waals surface area contributed by atoms with Crippen molar-refractivity contribution in [2.24, 2.45) is 0 Å². The Labute approximate surface area is 173 Å². The molecular weight excluding hydrogens is 434 g/mol. The number of hydrogen-bond acceptors (Lipinski definition) is 7. The number of pyridine rings is 2. The van der Waals surface area contributed by atoms with Crippen LogP contribution in [-0.4, -0.2) is 34.4 Å². The number of hydrogen-bond donors (Lipinski definition) is 3. The second-order valence-electron chi connectivity index (χ2n) is 6.04. The predicted octanol–water partition coefficient (Wildman–Crippen LogP) is 3.04. The maximum absolute atomic E-state index is 14.8. The minimum atomic E-state index is -4.19. The van der Waals surface area contributed by atoms with Crippen molar-refractivity contribution in [3.05, 3.63) is 66.9 Å². The number of fused-ring (bicyclic) bond motifs is 1. The molecule has 0 saturated carbocycles. The van der Waals surface area contributed by atoms with Gasteiger partial charge in [0.05, 0.1) is 23.7 Å². The molecule has 4 aromatic rings. The Morgan fingerprint density at radius 2 is 1.97 bits per heavy atom. The summed E-state index contributed by atoms with van der Waals surface area (Å²) in [6.07, 6.45) is 3.80. The number of benzene rings is 1. The van der Waals surface area contributed by atoms with Gasteiger partial charge in [0.2, 0.25) is 0 Å². The number of nitrogens with one attached hydrogen (secondary N) is 3. The van der Waals surface area contributed by atoms with E-state index in [9.17, 15) is 22.0 Å². The molecule has 0 aliphatic rings. The van der Waals surface area contributed by atoms with E-state index < -0.39 is 39.1 Å². The lowest BCUT2D eigenvalue weighted by molar-refractivity contribution is 0.215. The van der Waals surface area contributed by atoms with Crippen LogP contribution in [0.1, 0.15) is 0 Å². The lowest BCUT2D eigenvalue weighted by Crippen LogP contribution is -2.20. The first-order chi connectivity index (χ1) is 14.8. The average Bonchev–Trinajstić information content (AvgIpc) is 3.22. The van der Waals surface area contributed by atoms with E-state index in [-0.39, 0.29) is 10.6 Å². The van der Waals surface area contributed by atoms with Gasteiger partial charge in [-0.3, -0.25) is 15.0 Å². The van der Waals surface area contributed by atoms with Gasteiger partial charge in [0.25, 0.3) is 10.0 Å². The standard InChI is InChI=1S/C18H12F2N6O4S/c19-12-3-4-13(26-31(28,29)11-2-1-5-21-8-11)15(20)16(12)25-18(27)30-10-6-14-17(22-7-10)24-9-23-14/h1-9,26H,(H,25,27)(H,22,23,24). The first kappa shape index (κ1) is 20.2. The van der Waals surface area contributed by atoms with Crippen molar-refractivity contribution in [2.75, 3.05) is 10.0 Å². The molecule has 1 aromatic carbocycles. The molecule has 0 saturated heterocycles. The lowest BCUT2D eigenvalue weighted by Gasteiger charge is -2.13. The number of rotatable bonds is 5. The fourth-order valence-corrected chi connectivity index (χ4v) is 3.58. The Morgan fingerprint density at radius 1 is 1.13 bits per heavy atom. The molecule has 0 aliphatic carbocycles. The summed E-state index contributed by atoms with van der Waals surface area (Å²) in [5.74, 6) is -2.49. The van der Waals surface area contributed by atoms with Crippen molar-refractivity contribution in [1.29, 1.82) is 0 Å². The summed E-state index contributed by atoms with van der Waals surface area (Å²) in [6.45, 7) is 0. The summed E-state index contributed by atoms with van der Waals surface area (Å²) in [5.41, 5.74) is -0.610. The molecule has 3 aromatic heterocycles. The smallest absolute Gasteiger partial charge is 0.408 e. The highest BCUT2D eigenvalue weighted by atomic mass is 32.2. The van der Waals surface area contributed by atoms with E-state index in [1.807, 2.05) is 10.0 Å². The van der Waals surface area contributed by atoms with E-state index in [0.717, 1.165) is 18.3 Å². The molecule has 0 fully saturated rings. The molecule has 158 valence electrons. The largest absolute Gasteiger partial charge is 0.417 e. The van der Waals surface area contributed by atoms with Crippen LogP contribution in [0.3, 0.4) is 0 Å². The number of halogens is 2. The molecule has 10 nitrogen and oxygen atoms in total. The van der Waals surface area contributed by atoms with Crippen molar-refractivity contribution >= 4 is 38.7 Å². The van der Waals surface area contributed by atoms with Crippen LogP contribution in [0.4, 0.5) is 25.0 Å². The normalized spacial score (nSPS) is 11.3. The number of aromatic nitrogens is 4. The van der Waals surface area contributed by atoms with Gasteiger partial charge in [-0.05, 0) is 24.3 Å². The maximum atomic E-state index is 14.8. The predicted molar refractivity (Wildman–Crippen MR) is 105 cm³/mol. The summed E-state index contributed by atoms with van der Waals surface area (Å²) < 4.78 is 60.6. The Morgan fingerprint density at radius 3 is 2.74 bits per heavy atom. The zero-order chi connectivity index (χ0) is 22.0. The van der Waals surface area contributed by atoms with Gasteiger partial charge < -0.3 is 9.72 Å². The van der Waals surface area contributed by atoms with Crippen LogP contribution in [0.15, 0.2) is 60.1 Å². The molecule has 4 rings (SSSR count). The number of carbonyl (C=O) groups is 1. The molecule has 31 heavy (non-hydrogen) atoms. The van der Waals surface area contributed by atoms with Gasteiger partial charge in [0, 0.05) is 18.5 Å². The molecule has 3 heterocycles. The van der Waals surface area contributed by atoms with Crippen molar-refractivity contribution < 1.29 is 26.7 Å². The van der Waals surface area contributed by atoms with Crippen LogP contribution in [0.2, 0.25) is 0 Å². The van der Waals surface area contributed by atoms with Gasteiger partial charge in [-0.1, -0.05) is 0 Å². The van der Waals surface area contributed by atoms with Crippen LogP contribution in [0.5, 0.6) is 5.75 Å². The summed E-state index contributed by atoms with van der Waals surface area (Å²) in [4.78, 5) is 26.2. The monoisotopic (exact) mass is 446 g/mol. The molecule has 0 spiro atoms. The Bertz CT molecular complexity index is 1380. The fraction of sp³-hybridized carbons (Fsp3) is 0. The number of amides is 1. The zero-order valence-corrected chi connectivity index (χ0v) is 16.2. The van der Waals surface area contributed by atoms with Crippen molar-refractivity contribution in [1.82, 2.24) is 19.9 Å². The van der Waals surface area contributed by atoms with Crippen LogP contribution in [-0.2, 0) is 10.0 Å². The van der Waals surface area contributed by atoms with E-state index >= 15 is 0 Å². The van der Waals surface area contributed by atoms with E-state index in [1.165, 1.54) is 36.9 Å². The number of ether oxygens (including phenoxy) is 1. The molecular formula is C18H12F2N6O4S. The summed E-state index contributed by atoms with van der Waals surface area (Å²) >= 11 is 0. The van der Waals surface area contributed by atoms with Gasteiger partial charge in [-0.2, -0.15) is 0 Å². The fourth-order valence-electron chi connectivity index (χ4n) is 2.56. The third-order valence-corrected chi connectivity index (χ3v) is 5.32. The molecule has 0 aliphatic heterocycles. The quantitative estimate of drug-likeness (QED) is 0.428. The molecule has 0 unspecified atom stereocenters. The second kappa shape index (κ2) is 7.95. The number of carbonyl (C=O) groups excluding carboxylic acids is 1. The molecule has 0 radical (unpaired) electrons. The Balaban J connectivity index is 1.55. The summed E-state index contributed by atoms with van der Waals surface area (Å²) in [5, 5.41) is 1.92. The Kier molecular flexibility index (Phi) is 5.17. The van der Waals surface area contributed by atoms with Crippen LogP contribution >= 0.6 is 0 Å². The first-order valence-corrected chi connectivity index (χ1v) is 10.0. The SMILES string of the molecule is O=C(Nc1c(F)ccc(NS(=O)(=O)c2cccnc2)c1F)Oc1cnc2nc[nH]c2c1. The number of aromatic amines is 1. The lowest BCUT2D eigenvalue weighted by atomic mass is 10.2. The number of nitrogens with zero attached hydrogens (tertiary/aromatic N) is 3. The third-order valence-electron chi connectivity index (χ3n) is 3.97. The number of anilines is 2. The van der Waals surface area contributed by atoms with Crippen LogP contribution < -0.4 is 14.8 Å². The van der Waals surface area contributed by atoms with Crippen molar-refractivity contribution in [2.45, 2.75) is 4.90 Å². The van der Waals surface area contributed by atoms with Gasteiger partial charge >= 0.3 is 6.09 Å². The second-order valence-corrected chi connectivity index (χ2v) is 7.72. The van der Waals surface area contributed by atoms with Gasteiger partial charge in [-0.25, -0.2) is 32.0 Å². The summed E-state index contributed by atoms with van der Waals surface area (Å²) in [6, 6.07) is 5.72. The minimum Gasteiger partial charge on any atom is -0.408 e. The zero-order valence-electron chi connectivity index (χ0n) is 15.3. The van der Waals surface area contributed by atoms with Crippen molar-refractivity contribution in [3.8, 4) is 5.75 Å². The van der Waals surface area contributed by atoms with Gasteiger partial charge in [0.15, 0.2) is 17.2 Å². The van der Waals surface area contributed by atoms with E-state index in [1.54, 1.807) is 0 Å². The van der Waals surface area contributed by atoms with E-state index in [0.29, 0.717) is 11.2 Å². The third kappa shape index (κ3) is 4.25. The van der Waals surface area contributed by atoms with E-state index in [2.05, 4.69) is 19.9 Å². The number of H-pyrrole nitrogens is 1. The molecule has 3 N–H and O–H groups in total. The van der Waals surface area contributed by atoms with Gasteiger partial charge in [0.1, 0.15) is 16.4 Å². The number of sulfonamides is 1. The Hall–Kier alpha value is -4.13. The highest BCUT2D eigenvalue weighted by molar-refractivity contribution is 7.92. The molecule has 0 bridgehead atoms. The minimum absolute atomic E-state index is 0.0106. The topological polar surface area (TPSA) is 139 Å². The highest BCUT2D eigenvalue weighted by Crippen LogP contribution is 2.28. The molecule has 1 amide bonds. The van der Waals surface area contributed by atoms with E-state index in [4.69, 9.17) is 4.74 Å².